The highest BCUT2D eigenvalue weighted by Crippen LogP contribution is 2.48. The van der Waals surface area contributed by atoms with Gasteiger partial charge in [-0.2, -0.15) is 9.97 Å². The second-order valence-electron chi connectivity index (χ2n) is 23.1. The molecule has 6 aliphatic heterocycles. The zero-order chi connectivity index (χ0) is 51.1. The third kappa shape index (κ3) is 9.20. The number of imide groups is 1. The van der Waals surface area contributed by atoms with Crippen LogP contribution in [0, 0.1) is 22.5 Å². The number of aliphatic hydroxyl groups is 1. The van der Waals surface area contributed by atoms with E-state index in [1.807, 2.05) is 17.9 Å². The van der Waals surface area contributed by atoms with E-state index in [4.69, 9.17) is 14.7 Å². The molecule has 3 amide bonds. The number of piperidine rings is 5. The first-order valence-electron chi connectivity index (χ1n) is 27.1. The molecule has 15 nitrogen and oxygen atoms in total. The lowest BCUT2D eigenvalue weighted by Crippen LogP contribution is -2.52. The number of ether oxygens (including phenoxy) is 1. The van der Waals surface area contributed by atoms with Crippen LogP contribution in [0.1, 0.15) is 112 Å². The van der Waals surface area contributed by atoms with Crippen molar-refractivity contribution in [2.75, 3.05) is 75.3 Å². The molecule has 74 heavy (non-hydrogen) atoms. The van der Waals surface area contributed by atoms with Gasteiger partial charge in [0.2, 0.25) is 11.8 Å². The molecular formula is C57H67F2N9O6. The van der Waals surface area contributed by atoms with Gasteiger partial charge in [0.15, 0.2) is 5.82 Å². The van der Waals surface area contributed by atoms with Gasteiger partial charge in [-0.25, -0.2) is 8.78 Å². The van der Waals surface area contributed by atoms with Gasteiger partial charge in [0, 0.05) is 80.2 Å². The molecule has 5 aromatic rings. The number of hydrogen-bond donors (Lipinski definition) is 3. The van der Waals surface area contributed by atoms with Crippen molar-refractivity contribution < 1.29 is 38.1 Å². The van der Waals surface area contributed by atoms with Gasteiger partial charge in [-0.15, -0.1) is 0 Å². The van der Waals surface area contributed by atoms with Gasteiger partial charge in [-0.05, 0) is 174 Å². The molecule has 8 heterocycles. The molecule has 0 bridgehead atoms. The van der Waals surface area contributed by atoms with E-state index < -0.39 is 23.3 Å². The van der Waals surface area contributed by atoms with Gasteiger partial charge in [0.1, 0.15) is 34.6 Å². The van der Waals surface area contributed by atoms with E-state index in [0.29, 0.717) is 90.1 Å². The SMILES string of the molecule is CCc1c(F)ccc2cc(O)cc(-c3ncc4c(N5CCC[C@@](C)(O)C5)nc(OCC5(CN6CCC(N7CCC8(CCN(c9ccc%10c(c9)CN(C9CCC(=O)NC9=O)C%10=O)CC8)CC7)CC6)CC5)nc4c3F)c12. The quantitative estimate of drug-likeness (QED) is 0.111. The van der Waals surface area contributed by atoms with Crippen molar-refractivity contribution in [2.45, 2.75) is 122 Å². The fraction of sp³-hybridized carbons (Fsp3) is 0.544. The summed E-state index contributed by atoms with van der Waals surface area (Å²) < 4.78 is 38.9. The summed E-state index contributed by atoms with van der Waals surface area (Å²) in [5, 5.41) is 25.7. The van der Waals surface area contributed by atoms with Gasteiger partial charge in [-0.3, -0.25) is 24.7 Å². The smallest absolute Gasteiger partial charge is 0.319 e. The number of halogens is 2. The fourth-order valence-corrected chi connectivity index (χ4v) is 13.5. The number of hydrogen-bond acceptors (Lipinski definition) is 13. The lowest BCUT2D eigenvalue weighted by molar-refractivity contribution is -0.136. The monoisotopic (exact) mass is 1010 g/mol. The van der Waals surface area contributed by atoms with E-state index in [-0.39, 0.29) is 58.1 Å². The molecule has 2 atom stereocenters. The van der Waals surface area contributed by atoms with E-state index in [9.17, 15) is 24.6 Å². The molecule has 390 valence electrons. The molecule has 6 fully saturated rings. The maximum Gasteiger partial charge on any atom is 0.319 e. The summed E-state index contributed by atoms with van der Waals surface area (Å²) in [5.41, 5.74) is 2.73. The number of nitrogens with zero attached hydrogens (tertiary/aromatic N) is 8. The second-order valence-corrected chi connectivity index (χ2v) is 23.1. The standard InChI is InChI=1S/C57H67F2N9O6/c1-3-40-44(58)8-5-35-28-39(69)29-42(47(35)40)49-48(59)50-43(30-60-49)51(67-20-4-13-55(2,73)32-67)63-54(62-50)74-34-57(14-15-57)33-64-21-11-37(12-22-64)65-23-16-56(17-24-65)18-25-66(26-19-56)38-6-7-41-36(27-38)31-68(53(41)72)45-9-10-46(70)61-52(45)71/h5-8,27-30,37,45,69,73H,3-4,9-26,31-34H2,1-2H3,(H,61,70,71)/t45?,55-/m1/s1. The molecule has 5 saturated heterocycles. The lowest BCUT2D eigenvalue weighted by Gasteiger charge is -2.50. The van der Waals surface area contributed by atoms with Crippen molar-refractivity contribution >= 4 is 50.9 Å². The molecule has 1 aliphatic carbocycles. The number of phenolic OH excluding ortho intramolecular Hbond substituents is 1. The molecule has 12 rings (SSSR count). The van der Waals surface area contributed by atoms with Crippen LogP contribution in [-0.4, -0.2) is 141 Å². The summed E-state index contributed by atoms with van der Waals surface area (Å²) in [6, 6.07) is 12.1. The van der Waals surface area contributed by atoms with Crippen LogP contribution in [0.2, 0.25) is 0 Å². The second kappa shape index (κ2) is 19.0. The van der Waals surface area contributed by atoms with E-state index in [2.05, 4.69) is 37.1 Å². The van der Waals surface area contributed by atoms with Crippen LogP contribution in [0.25, 0.3) is 32.9 Å². The number of carbonyl (C=O) groups is 3. The molecular weight excluding hydrogens is 945 g/mol. The first-order valence-corrected chi connectivity index (χ1v) is 27.1. The Hall–Kier alpha value is -6.04. The minimum absolute atomic E-state index is 0.0181. The highest BCUT2D eigenvalue weighted by Gasteiger charge is 2.47. The summed E-state index contributed by atoms with van der Waals surface area (Å²) in [6.07, 6.45) is 12.9. The first kappa shape index (κ1) is 48.9. The van der Waals surface area contributed by atoms with Gasteiger partial charge < -0.3 is 39.4 Å². The largest absolute Gasteiger partial charge is 0.508 e. The van der Waals surface area contributed by atoms with E-state index >= 15 is 8.78 Å². The van der Waals surface area contributed by atoms with Crippen molar-refractivity contribution in [3.63, 3.8) is 0 Å². The number of aryl methyl sites for hydroxylation is 1. The zero-order valence-electron chi connectivity index (χ0n) is 42.6. The Bertz CT molecular complexity index is 3050. The van der Waals surface area contributed by atoms with E-state index in [1.165, 1.54) is 25.0 Å². The van der Waals surface area contributed by atoms with Crippen LogP contribution in [0.5, 0.6) is 11.8 Å². The number of nitrogens with one attached hydrogen (secondary N) is 1. The molecule has 1 spiro atoms. The summed E-state index contributed by atoms with van der Waals surface area (Å²) in [5.74, 6) is -1.56. The van der Waals surface area contributed by atoms with Crippen LogP contribution >= 0.6 is 0 Å². The molecule has 2 aromatic heterocycles. The molecule has 3 aromatic carbocycles. The van der Waals surface area contributed by atoms with Crippen LogP contribution in [0.3, 0.4) is 0 Å². The summed E-state index contributed by atoms with van der Waals surface area (Å²) in [6.45, 7) is 12.5. The van der Waals surface area contributed by atoms with E-state index in [0.717, 1.165) is 102 Å². The topological polar surface area (TPSA) is 168 Å². The Kier molecular flexibility index (Phi) is 12.5. The third-order valence-corrected chi connectivity index (χ3v) is 18.0. The number of β-amino-alcohol motifs (C(OH)–C–C–N with tert-alkyl or cyclic N) is 1. The number of phenols is 1. The number of likely N-dealkylation sites (tertiary alicyclic amines) is 2. The first-order chi connectivity index (χ1) is 35.7. The van der Waals surface area contributed by atoms with Gasteiger partial charge in [0.25, 0.3) is 5.91 Å². The normalized spacial score (nSPS) is 24.5. The Balaban J connectivity index is 0.668. The number of aromatic nitrogens is 3. The number of pyridine rings is 1. The molecule has 0 radical (unpaired) electrons. The fourth-order valence-electron chi connectivity index (χ4n) is 13.5. The summed E-state index contributed by atoms with van der Waals surface area (Å²) in [4.78, 5) is 63.2. The Morgan fingerprint density at radius 2 is 1.62 bits per heavy atom. The molecule has 1 unspecified atom stereocenters. The van der Waals surface area contributed by atoms with Crippen LogP contribution in [0.4, 0.5) is 20.3 Å². The molecule has 1 saturated carbocycles. The number of benzene rings is 3. The molecule has 3 N–H and O–H groups in total. The highest BCUT2D eigenvalue weighted by atomic mass is 19.1. The Morgan fingerprint density at radius 3 is 2.35 bits per heavy atom. The number of rotatable bonds is 11. The maximum absolute atomic E-state index is 17.2. The summed E-state index contributed by atoms with van der Waals surface area (Å²) in [7, 11) is 0. The number of aromatic hydroxyl groups is 1. The average molecular weight is 1010 g/mol. The number of carbonyl (C=O) groups excluding carboxylic acids is 3. The predicted octanol–water partition coefficient (Wildman–Crippen LogP) is 7.51. The number of amides is 3. The maximum atomic E-state index is 17.2. The van der Waals surface area contributed by atoms with Crippen molar-refractivity contribution in [1.82, 2.24) is 35.0 Å². The highest BCUT2D eigenvalue weighted by molar-refractivity contribution is 6.06. The minimum atomic E-state index is -0.963. The van der Waals surface area contributed by atoms with E-state index in [1.54, 1.807) is 30.2 Å². The van der Waals surface area contributed by atoms with Crippen molar-refractivity contribution in [3.05, 3.63) is 77.0 Å². The van der Waals surface area contributed by atoms with Gasteiger partial charge in [-0.1, -0.05) is 13.0 Å². The molecule has 7 aliphatic rings. The van der Waals surface area contributed by atoms with Crippen molar-refractivity contribution in [3.8, 4) is 23.0 Å². The third-order valence-electron chi connectivity index (χ3n) is 18.0. The molecule has 17 heteroatoms. The van der Waals surface area contributed by atoms with Crippen LogP contribution < -0.4 is 19.9 Å². The van der Waals surface area contributed by atoms with Crippen molar-refractivity contribution in [1.29, 1.82) is 0 Å². The average Bonchev–Trinajstić information content (AvgIpc) is 4.09. The minimum Gasteiger partial charge on any atom is -0.508 e. The predicted molar refractivity (Wildman–Crippen MR) is 277 cm³/mol. The number of fused-ring (bicyclic) bond motifs is 3. The van der Waals surface area contributed by atoms with Crippen LogP contribution in [0.15, 0.2) is 48.7 Å². The summed E-state index contributed by atoms with van der Waals surface area (Å²) >= 11 is 0. The van der Waals surface area contributed by atoms with Gasteiger partial charge in [0.05, 0.1) is 17.6 Å². The number of anilines is 2. The van der Waals surface area contributed by atoms with Gasteiger partial charge >= 0.3 is 6.01 Å². The zero-order valence-corrected chi connectivity index (χ0v) is 42.6. The lowest BCUT2D eigenvalue weighted by atomic mass is 9.71. The Labute approximate surface area is 430 Å². The Morgan fingerprint density at radius 1 is 0.851 bits per heavy atom. The van der Waals surface area contributed by atoms with Crippen LogP contribution in [-0.2, 0) is 22.6 Å². The van der Waals surface area contributed by atoms with Crippen molar-refractivity contribution in [2.24, 2.45) is 10.8 Å².